The van der Waals surface area contributed by atoms with Crippen LogP contribution in [0.15, 0.2) is 36.4 Å². The minimum absolute atomic E-state index is 0.121. The van der Waals surface area contributed by atoms with Gasteiger partial charge in [-0.05, 0) is 6.07 Å². The summed E-state index contributed by atoms with van der Waals surface area (Å²) in [5.74, 6) is -0.335. The van der Waals surface area contributed by atoms with Gasteiger partial charge >= 0.3 is 0 Å². The summed E-state index contributed by atoms with van der Waals surface area (Å²) in [7, 11) is 1.68. The lowest BCUT2D eigenvalue weighted by molar-refractivity contribution is 0.0995. The molecule has 2 N–H and O–H groups in total. The van der Waals surface area contributed by atoms with Gasteiger partial charge in [0.05, 0.1) is 11.8 Å². The van der Waals surface area contributed by atoms with Crippen LogP contribution in [0.3, 0.4) is 0 Å². The van der Waals surface area contributed by atoms with Crippen molar-refractivity contribution < 1.29 is 4.79 Å². The maximum Gasteiger partial charge on any atom is 0.267 e. The molecule has 1 aromatic heterocycles. The third kappa shape index (κ3) is 2.90. The van der Waals surface area contributed by atoms with Crippen molar-refractivity contribution in [1.29, 1.82) is 5.26 Å². The van der Waals surface area contributed by atoms with Crippen molar-refractivity contribution in [3.8, 4) is 17.3 Å². The second kappa shape index (κ2) is 5.80. The van der Waals surface area contributed by atoms with E-state index in [9.17, 15) is 4.79 Å². The number of rotatable bonds is 4. The predicted octanol–water partition coefficient (Wildman–Crippen LogP) is 1.20. The van der Waals surface area contributed by atoms with Crippen LogP contribution in [-0.2, 0) is 0 Å². The van der Waals surface area contributed by atoms with E-state index < -0.39 is 5.91 Å². The van der Waals surface area contributed by atoms with Gasteiger partial charge in [-0.25, -0.2) is 9.97 Å². The van der Waals surface area contributed by atoms with Crippen molar-refractivity contribution in [2.75, 3.05) is 18.5 Å². The first-order chi connectivity index (χ1) is 9.61. The van der Waals surface area contributed by atoms with E-state index in [0.29, 0.717) is 11.6 Å². The van der Waals surface area contributed by atoms with Crippen molar-refractivity contribution in [2.45, 2.75) is 0 Å². The maximum absolute atomic E-state index is 11.4. The van der Waals surface area contributed by atoms with E-state index in [1.807, 2.05) is 36.4 Å². The number of aromatic nitrogens is 2. The lowest BCUT2D eigenvalue weighted by Gasteiger charge is -2.14. The molecule has 2 aromatic rings. The number of nitriles is 1. The third-order valence-electron chi connectivity index (χ3n) is 2.69. The van der Waals surface area contributed by atoms with Gasteiger partial charge in [0.15, 0.2) is 0 Å². The van der Waals surface area contributed by atoms with Crippen molar-refractivity contribution in [1.82, 2.24) is 9.97 Å². The molecule has 0 saturated heterocycles. The second-order valence-corrected chi connectivity index (χ2v) is 4.18. The van der Waals surface area contributed by atoms with Gasteiger partial charge in [0.25, 0.3) is 5.91 Å². The van der Waals surface area contributed by atoms with Crippen LogP contribution in [0.4, 0.5) is 5.95 Å². The highest BCUT2D eigenvalue weighted by atomic mass is 16.1. The third-order valence-corrected chi connectivity index (χ3v) is 2.69. The van der Waals surface area contributed by atoms with Crippen molar-refractivity contribution in [3.05, 3.63) is 42.1 Å². The monoisotopic (exact) mass is 267 g/mol. The number of amides is 1. The van der Waals surface area contributed by atoms with E-state index >= 15 is 0 Å². The summed E-state index contributed by atoms with van der Waals surface area (Å²) < 4.78 is 0. The molecule has 6 nitrogen and oxygen atoms in total. The van der Waals surface area contributed by atoms with Crippen LogP contribution in [0.2, 0.25) is 0 Å². The smallest absolute Gasteiger partial charge is 0.267 e. The first kappa shape index (κ1) is 13.5. The zero-order valence-corrected chi connectivity index (χ0v) is 10.9. The Bertz CT molecular complexity index is 663. The van der Waals surface area contributed by atoms with Gasteiger partial charge in [0.2, 0.25) is 5.95 Å². The number of anilines is 1. The van der Waals surface area contributed by atoms with Gasteiger partial charge in [0, 0.05) is 12.6 Å². The average Bonchev–Trinajstić information content (AvgIpc) is 2.48. The van der Waals surface area contributed by atoms with Gasteiger partial charge in [-0.2, -0.15) is 5.26 Å². The molecule has 100 valence electrons. The van der Waals surface area contributed by atoms with Crippen LogP contribution in [0, 0.1) is 11.3 Å². The average molecular weight is 267 g/mol. The Kier molecular flexibility index (Phi) is 3.91. The molecule has 0 bridgehead atoms. The van der Waals surface area contributed by atoms with Gasteiger partial charge in [0.1, 0.15) is 12.2 Å². The summed E-state index contributed by atoms with van der Waals surface area (Å²) in [6, 6.07) is 12.9. The van der Waals surface area contributed by atoms with Gasteiger partial charge in [-0.3, -0.25) is 4.79 Å². The standard InChI is InChI=1S/C14H13N5O/c1-19(8-7-15)14-17-11(9-12(18-14)13(16)20)10-5-3-2-4-6-10/h2-6,9H,8H2,1H3,(H2,16,20). The number of nitrogens with zero attached hydrogens (tertiary/aromatic N) is 4. The molecule has 1 amide bonds. The first-order valence-electron chi connectivity index (χ1n) is 5.94. The zero-order chi connectivity index (χ0) is 14.5. The minimum atomic E-state index is -0.629. The maximum atomic E-state index is 11.4. The number of carbonyl (C=O) groups excluding carboxylic acids is 1. The quantitative estimate of drug-likeness (QED) is 0.840. The molecule has 20 heavy (non-hydrogen) atoms. The Morgan fingerprint density at radius 3 is 2.65 bits per heavy atom. The van der Waals surface area contributed by atoms with Crippen LogP contribution in [0.1, 0.15) is 10.5 Å². The Morgan fingerprint density at radius 1 is 1.35 bits per heavy atom. The molecule has 0 aliphatic heterocycles. The fourth-order valence-corrected chi connectivity index (χ4v) is 1.67. The number of benzene rings is 1. The van der Waals surface area contributed by atoms with Crippen LogP contribution in [0.5, 0.6) is 0 Å². The molecule has 0 atom stereocenters. The van der Waals surface area contributed by atoms with E-state index in [2.05, 4.69) is 9.97 Å². The molecule has 1 aromatic carbocycles. The lowest BCUT2D eigenvalue weighted by Crippen LogP contribution is -2.22. The molecule has 0 aliphatic rings. The molecule has 0 radical (unpaired) electrons. The Hall–Kier alpha value is -2.94. The van der Waals surface area contributed by atoms with E-state index in [0.717, 1.165) is 5.56 Å². The van der Waals surface area contributed by atoms with E-state index in [4.69, 9.17) is 11.0 Å². The molecule has 2 rings (SSSR count). The fourth-order valence-electron chi connectivity index (χ4n) is 1.67. The number of primary amides is 1. The summed E-state index contributed by atoms with van der Waals surface area (Å²) in [6.07, 6.45) is 0. The number of hydrogen-bond acceptors (Lipinski definition) is 5. The Labute approximate surface area is 116 Å². The van der Waals surface area contributed by atoms with Crippen molar-refractivity contribution in [3.63, 3.8) is 0 Å². The van der Waals surface area contributed by atoms with Crippen LogP contribution < -0.4 is 10.6 Å². The molecule has 0 aliphatic carbocycles. The number of nitrogens with two attached hydrogens (primary N) is 1. The molecule has 6 heteroatoms. The number of carbonyl (C=O) groups is 1. The normalized spacial score (nSPS) is 9.80. The molecular weight excluding hydrogens is 254 g/mol. The topological polar surface area (TPSA) is 95.9 Å². The first-order valence-corrected chi connectivity index (χ1v) is 5.94. The van der Waals surface area contributed by atoms with E-state index in [-0.39, 0.29) is 12.2 Å². The summed E-state index contributed by atoms with van der Waals surface area (Å²) in [5.41, 5.74) is 6.86. The van der Waals surface area contributed by atoms with Gasteiger partial charge in [-0.1, -0.05) is 30.3 Å². The minimum Gasteiger partial charge on any atom is -0.364 e. The highest BCUT2D eigenvalue weighted by molar-refractivity contribution is 5.92. The fraction of sp³-hybridized carbons (Fsp3) is 0.143. The summed E-state index contributed by atoms with van der Waals surface area (Å²) in [6.45, 7) is 0.121. The highest BCUT2D eigenvalue weighted by Crippen LogP contribution is 2.20. The lowest BCUT2D eigenvalue weighted by atomic mass is 10.1. The zero-order valence-electron chi connectivity index (χ0n) is 10.9. The Balaban J connectivity index is 2.53. The van der Waals surface area contributed by atoms with Crippen LogP contribution >= 0.6 is 0 Å². The van der Waals surface area contributed by atoms with E-state index in [1.165, 1.54) is 0 Å². The van der Waals surface area contributed by atoms with Crippen LogP contribution in [-0.4, -0.2) is 29.5 Å². The highest BCUT2D eigenvalue weighted by Gasteiger charge is 2.12. The molecular formula is C14H13N5O. The van der Waals surface area contributed by atoms with Crippen molar-refractivity contribution >= 4 is 11.9 Å². The Morgan fingerprint density at radius 2 is 2.05 bits per heavy atom. The van der Waals surface area contributed by atoms with Gasteiger partial charge < -0.3 is 10.6 Å². The summed E-state index contributed by atoms with van der Waals surface area (Å²) >= 11 is 0. The molecule has 0 unspecified atom stereocenters. The van der Waals surface area contributed by atoms with Gasteiger partial charge in [-0.15, -0.1) is 0 Å². The van der Waals surface area contributed by atoms with E-state index in [1.54, 1.807) is 18.0 Å². The largest absolute Gasteiger partial charge is 0.364 e. The second-order valence-electron chi connectivity index (χ2n) is 4.18. The van der Waals surface area contributed by atoms with Crippen molar-refractivity contribution in [2.24, 2.45) is 5.73 Å². The predicted molar refractivity (Wildman–Crippen MR) is 74.9 cm³/mol. The molecule has 1 heterocycles. The van der Waals surface area contributed by atoms with Crippen LogP contribution in [0.25, 0.3) is 11.3 Å². The molecule has 0 saturated carbocycles. The summed E-state index contributed by atoms with van der Waals surface area (Å²) in [5, 5.41) is 8.72. The SMILES string of the molecule is CN(CC#N)c1nc(C(N)=O)cc(-c2ccccc2)n1. The summed E-state index contributed by atoms with van der Waals surface area (Å²) in [4.78, 5) is 21.3. The molecule has 0 spiro atoms. The number of hydrogen-bond donors (Lipinski definition) is 1. The molecule has 0 fully saturated rings.